The van der Waals surface area contributed by atoms with Gasteiger partial charge in [0.1, 0.15) is 16.5 Å². The van der Waals surface area contributed by atoms with Crippen LogP contribution >= 0.6 is 12.2 Å². The fourth-order valence-electron chi connectivity index (χ4n) is 1.77. The first-order valence-corrected chi connectivity index (χ1v) is 6.28. The first-order chi connectivity index (χ1) is 9.52. The zero-order valence-electron chi connectivity index (χ0n) is 11.1. The highest BCUT2D eigenvalue weighted by Crippen LogP contribution is 2.29. The predicted octanol–water partition coefficient (Wildman–Crippen LogP) is 2.48. The van der Waals surface area contributed by atoms with Crippen LogP contribution in [0.2, 0.25) is 0 Å². The lowest BCUT2D eigenvalue weighted by molar-refractivity contribution is 0.0995. The van der Waals surface area contributed by atoms with Gasteiger partial charge in [-0.2, -0.15) is 0 Å². The lowest BCUT2D eigenvalue weighted by Crippen LogP contribution is -2.18. The van der Waals surface area contributed by atoms with Crippen molar-refractivity contribution < 1.29 is 13.9 Å². The van der Waals surface area contributed by atoms with Crippen LogP contribution in [0, 0.1) is 6.92 Å². The molecule has 1 amide bonds. The fraction of sp³-hybridized carbons (Fsp3) is 0.143. The van der Waals surface area contributed by atoms with Crippen LogP contribution in [-0.4, -0.2) is 18.0 Å². The van der Waals surface area contributed by atoms with Crippen molar-refractivity contribution in [2.45, 2.75) is 6.92 Å². The molecule has 20 heavy (non-hydrogen) atoms. The molecule has 0 unspecified atom stereocenters. The number of hydrogen-bond donors (Lipinski definition) is 2. The highest BCUT2D eigenvalue weighted by molar-refractivity contribution is 7.80. The third-order valence-electron chi connectivity index (χ3n) is 2.71. The molecule has 1 aromatic carbocycles. The van der Waals surface area contributed by atoms with Gasteiger partial charge in [-0.05, 0) is 31.2 Å². The maximum absolute atomic E-state index is 12.1. The lowest BCUT2D eigenvalue weighted by Gasteiger charge is -2.13. The standard InChI is InChI=1S/C14H14N2O3S/c1-8-6-7-11(19-8)14(17)16-12-9(13(15)20)4-3-5-10(12)18-2/h3-7H,1-2H3,(H2,15,20)(H,16,17). The SMILES string of the molecule is COc1cccc(C(N)=S)c1NC(=O)c1ccc(C)o1. The molecule has 104 valence electrons. The van der Waals surface area contributed by atoms with Crippen LogP contribution in [0.4, 0.5) is 5.69 Å². The van der Waals surface area contributed by atoms with Gasteiger partial charge in [-0.1, -0.05) is 18.3 Å². The Labute approximate surface area is 121 Å². The Kier molecular flexibility index (Phi) is 4.05. The van der Waals surface area contributed by atoms with E-state index in [2.05, 4.69) is 5.32 Å². The number of aryl methyl sites for hydroxylation is 1. The zero-order valence-corrected chi connectivity index (χ0v) is 11.9. The third-order valence-corrected chi connectivity index (χ3v) is 2.93. The molecule has 0 atom stereocenters. The fourth-order valence-corrected chi connectivity index (χ4v) is 1.94. The summed E-state index contributed by atoms with van der Waals surface area (Å²) in [7, 11) is 1.51. The number of furan rings is 1. The minimum atomic E-state index is -0.389. The van der Waals surface area contributed by atoms with E-state index < -0.39 is 0 Å². The van der Waals surface area contributed by atoms with Gasteiger partial charge >= 0.3 is 0 Å². The molecule has 0 saturated heterocycles. The Balaban J connectivity index is 2.37. The van der Waals surface area contributed by atoms with Crippen LogP contribution in [0.5, 0.6) is 5.75 Å². The normalized spacial score (nSPS) is 10.1. The third kappa shape index (κ3) is 2.80. The minimum absolute atomic E-state index is 0.176. The molecule has 0 radical (unpaired) electrons. The second-order valence-corrected chi connectivity index (χ2v) is 4.55. The van der Waals surface area contributed by atoms with Gasteiger partial charge in [-0.15, -0.1) is 0 Å². The molecule has 0 bridgehead atoms. The Morgan fingerprint density at radius 1 is 1.35 bits per heavy atom. The summed E-state index contributed by atoms with van der Waals surface area (Å²) < 4.78 is 10.5. The number of carbonyl (C=O) groups is 1. The molecule has 1 heterocycles. The monoisotopic (exact) mass is 290 g/mol. The smallest absolute Gasteiger partial charge is 0.291 e. The van der Waals surface area contributed by atoms with Crippen LogP contribution in [0.1, 0.15) is 21.9 Å². The molecule has 0 saturated carbocycles. The quantitative estimate of drug-likeness (QED) is 0.846. The summed E-state index contributed by atoms with van der Waals surface area (Å²) in [6.45, 7) is 1.76. The van der Waals surface area contributed by atoms with Gasteiger partial charge in [0.05, 0.1) is 12.8 Å². The van der Waals surface area contributed by atoms with Crippen molar-refractivity contribution in [3.8, 4) is 5.75 Å². The average Bonchev–Trinajstić information content (AvgIpc) is 2.85. The molecule has 2 aromatic rings. The van der Waals surface area contributed by atoms with Crippen molar-refractivity contribution in [3.05, 3.63) is 47.4 Å². The van der Waals surface area contributed by atoms with Crippen LogP contribution < -0.4 is 15.8 Å². The van der Waals surface area contributed by atoms with E-state index in [4.69, 9.17) is 27.1 Å². The summed E-state index contributed by atoms with van der Waals surface area (Å²) in [4.78, 5) is 12.3. The van der Waals surface area contributed by atoms with E-state index in [0.717, 1.165) is 0 Å². The molecule has 0 aliphatic heterocycles. The van der Waals surface area contributed by atoms with Gasteiger partial charge < -0.3 is 20.2 Å². The molecule has 0 spiro atoms. The van der Waals surface area contributed by atoms with Crippen LogP contribution in [0.25, 0.3) is 0 Å². The van der Waals surface area contributed by atoms with Crippen LogP contribution in [0.15, 0.2) is 34.7 Å². The van der Waals surface area contributed by atoms with Crippen molar-refractivity contribution in [2.75, 3.05) is 12.4 Å². The van der Waals surface area contributed by atoms with E-state index in [9.17, 15) is 4.79 Å². The Bertz CT molecular complexity index is 664. The number of ether oxygens (including phenoxy) is 1. The molecule has 1 aromatic heterocycles. The van der Waals surface area contributed by atoms with Crippen LogP contribution in [-0.2, 0) is 0 Å². The summed E-state index contributed by atoms with van der Waals surface area (Å²) in [5.74, 6) is 0.957. The maximum atomic E-state index is 12.1. The van der Waals surface area contributed by atoms with Crippen molar-refractivity contribution in [2.24, 2.45) is 5.73 Å². The van der Waals surface area contributed by atoms with E-state index in [1.165, 1.54) is 7.11 Å². The van der Waals surface area contributed by atoms with Crippen molar-refractivity contribution >= 4 is 28.8 Å². The van der Waals surface area contributed by atoms with E-state index in [1.54, 1.807) is 37.3 Å². The van der Waals surface area contributed by atoms with Crippen molar-refractivity contribution in [3.63, 3.8) is 0 Å². The summed E-state index contributed by atoms with van der Waals surface area (Å²) >= 11 is 4.98. The van der Waals surface area contributed by atoms with Gasteiger partial charge in [-0.3, -0.25) is 4.79 Å². The summed E-state index contributed by atoms with van der Waals surface area (Å²) in [6.07, 6.45) is 0. The molecule has 0 aliphatic carbocycles. The Hall–Kier alpha value is -2.34. The number of carbonyl (C=O) groups excluding carboxylic acids is 1. The molecule has 0 fully saturated rings. The largest absolute Gasteiger partial charge is 0.495 e. The second-order valence-electron chi connectivity index (χ2n) is 4.11. The number of hydrogen-bond acceptors (Lipinski definition) is 4. The number of benzene rings is 1. The number of amides is 1. The number of anilines is 1. The van der Waals surface area contributed by atoms with Crippen molar-refractivity contribution in [1.29, 1.82) is 0 Å². The summed E-state index contributed by atoms with van der Waals surface area (Å²) in [5.41, 5.74) is 6.63. The number of thiocarbonyl (C=S) groups is 1. The highest BCUT2D eigenvalue weighted by atomic mass is 32.1. The van der Waals surface area contributed by atoms with Gasteiger partial charge in [0, 0.05) is 5.56 Å². The number of rotatable bonds is 4. The lowest BCUT2D eigenvalue weighted by atomic mass is 10.1. The first-order valence-electron chi connectivity index (χ1n) is 5.87. The van der Waals surface area contributed by atoms with Gasteiger partial charge in [-0.25, -0.2) is 0 Å². The number of nitrogens with two attached hydrogens (primary N) is 1. The molecule has 6 heteroatoms. The molecule has 0 aliphatic rings. The van der Waals surface area contributed by atoms with E-state index in [1.807, 2.05) is 0 Å². The summed E-state index contributed by atoms with van der Waals surface area (Å²) in [6, 6.07) is 8.49. The first kappa shape index (κ1) is 14.1. The molecule has 5 nitrogen and oxygen atoms in total. The number of methoxy groups -OCH3 is 1. The number of nitrogens with one attached hydrogen (secondary N) is 1. The van der Waals surface area contributed by atoms with Crippen LogP contribution in [0.3, 0.4) is 0 Å². The van der Waals surface area contributed by atoms with E-state index in [-0.39, 0.29) is 16.7 Å². The second kappa shape index (κ2) is 5.75. The molecule has 2 rings (SSSR count). The molecular weight excluding hydrogens is 276 g/mol. The summed E-state index contributed by atoms with van der Waals surface area (Å²) in [5, 5.41) is 2.72. The number of para-hydroxylation sites is 1. The zero-order chi connectivity index (χ0) is 14.7. The van der Waals surface area contributed by atoms with E-state index >= 15 is 0 Å². The predicted molar refractivity (Wildman–Crippen MR) is 80.3 cm³/mol. The topological polar surface area (TPSA) is 77.5 Å². The Morgan fingerprint density at radius 2 is 2.10 bits per heavy atom. The van der Waals surface area contributed by atoms with Gasteiger partial charge in [0.25, 0.3) is 5.91 Å². The minimum Gasteiger partial charge on any atom is -0.495 e. The molecular formula is C14H14N2O3S. The average molecular weight is 290 g/mol. The van der Waals surface area contributed by atoms with Gasteiger partial charge in [0.15, 0.2) is 5.76 Å². The van der Waals surface area contributed by atoms with Gasteiger partial charge in [0.2, 0.25) is 0 Å². The van der Waals surface area contributed by atoms with Crippen molar-refractivity contribution in [1.82, 2.24) is 0 Å². The Morgan fingerprint density at radius 3 is 2.65 bits per heavy atom. The van der Waals surface area contributed by atoms with E-state index in [0.29, 0.717) is 22.8 Å². The molecule has 3 N–H and O–H groups in total. The highest BCUT2D eigenvalue weighted by Gasteiger charge is 2.17. The maximum Gasteiger partial charge on any atom is 0.291 e.